The lowest BCUT2D eigenvalue weighted by molar-refractivity contribution is 0.399. The average Bonchev–Trinajstić information content (AvgIpc) is 3.12. The second kappa shape index (κ2) is 74.6. The Morgan fingerprint density at radius 2 is 0.133 bits per heavy atom. The molecule has 0 spiro atoms. The molecule has 6 N–H and O–H groups in total. The summed E-state index contributed by atoms with van der Waals surface area (Å²) in [6.45, 7) is 0. The largest absolute Gasteiger partial charge is 0.400 e. The predicted octanol–water partition coefficient (Wildman–Crippen LogP) is 10.5. The van der Waals surface area contributed by atoms with Gasteiger partial charge in [0.1, 0.15) is 0 Å². The van der Waals surface area contributed by atoms with Gasteiger partial charge in [0, 0.05) is 42.7 Å². The summed E-state index contributed by atoms with van der Waals surface area (Å²) < 4.78 is 0. The van der Waals surface area contributed by atoms with Crippen molar-refractivity contribution < 1.29 is 30.6 Å². The fourth-order valence-electron chi connectivity index (χ4n) is 5.83. The molecule has 0 saturated heterocycles. The van der Waals surface area contributed by atoms with Crippen molar-refractivity contribution in [2.24, 2.45) is 0 Å². The standard InChI is InChI=1S/C33H66.6CH4O/c1-2-4-6-8-10-12-14-16-18-20-22-24-26-28-30-32-33-31-29-27-25-23-21-19-17-15-13-11-9-7-5-3-1;6*1-2/h1-33H2;6*2H,1H3. The van der Waals surface area contributed by atoms with Crippen molar-refractivity contribution in [3.8, 4) is 0 Å². The van der Waals surface area contributed by atoms with Crippen molar-refractivity contribution in [1.29, 1.82) is 0 Å². The number of aliphatic hydroxyl groups is 6. The zero-order valence-electron chi connectivity index (χ0n) is 32.0. The van der Waals surface area contributed by atoms with Crippen molar-refractivity contribution >= 4 is 0 Å². The van der Waals surface area contributed by atoms with Crippen LogP contribution in [-0.4, -0.2) is 73.3 Å². The zero-order valence-corrected chi connectivity index (χ0v) is 32.0. The summed E-state index contributed by atoms with van der Waals surface area (Å²) in [6, 6.07) is 0. The highest BCUT2D eigenvalue weighted by Gasteiger charge is 1.98. The molecule has 0 aromatic carbocycles. The number of rotatable bonds is 0. The van der Waals surface area contributed by atoms with Gasteiger partial charge >= 0.3 is 0 Å². The second-order valence-electron chi connectivity index (χ2n) is 11.7. The van der Waals surface area contributed by atoms with Gasteiger partial charge < -0.3 is 30.6 Å². The minimum Gasteiger partial charge on any atom is -0.400 e. The van der Waals surface area contributed by atoms with Crippen molar-refractivity contribution in [3.63, 3.8) is 0 Å². The zero-order chi connectivity index (χ0) is 35.3. The van der Waals surface area contributed by atoms with Gasteiger partial charge in [-0.25, -0.2) is 0 Å². The Morgan fingerprint density at radius 1 is 0.111 bits per heavy atom. The molecule has 0 aliphatic heterocycles. The minimum atomic E-state index is 1.00. The van der Waals surface area contributed by atoms with E-state index in [1.54, 1.807) is 0 Å². The van der Waals surface area contributed by atoms with Crippen molar-refractivity contribution in [2.45, 2.75) is 212 Å². The van der Waals surface area contributed by atoms with Crippen molar-refractivity contribution in [2.75, 3.05) is 42.7 Å². The van der Waals surface area contributed by atoms with Gasteiger partial charge in [-0.05, 0) is 0 Å². The van der Waals surface area contributed by atoms with Gasteiger partial charge in [0.2, 0.25) is 0 Å². The van der Waals surface area contributed by atoms with Gasteiger partial charge in [0.05, 0.1) is 0 Å². The van der Waals surface area contributed by atoms with Crippen LogP contribution in [0.15, 0.2) is 0 Å². The first-order chi connectivity index (χ1) is 22.5. The Morgan fingerprint density at radius 3 is 0.156 bits per heavy atom. The number of hydrogen-bond donors (Lipinski definition) is 6. The summed E-state index contributed by atoms with van der Waals surface area (Å²) in [6.07, 6.45) is 49.5. The van der Waals surface area contributed by atoms with E-state index in [1.165, 1.54) is 212 Å². The quantitative estimate of drug-likeness (QED) is 0.155. The summed E-state index contributed by atoms with van der Waals surface area (Å²) >= 11 is 0. The molecule has 0 unspecified atom stereocenters. The third-order valence-corrected chi connectivity index (χ3v) is 8.25. The Bertz CT molecular complexity index is 192. The molecular weight excluding hydrogens is 564 g/mol. The van der Waals surface area contributed by atoms with E-state index < -0.39 is 0 Å². The molecule has 6 nitrogen and oxygen atoms in total. The van der Waals surface area contributed by atoms with Gasteiger partial charge in [-0.15, -0.1) is 0 Å². The highest BCUT2D eigenvalue weighted by Crippen LogP contribution is 2.17. The molecule has 282 valence electrons. The lowest BCUT2D eigenvalue weighted by Crippen LogP contribution is -1.85. The highest BCUT2D eigenvalue weighted by molar-refractivity contribution is 4.53. The van der Waals surface area contributed by atoms with E-state index in [1.807, 2.05) is 0 Å². The third-order valence-electron chi connectivity index (χ3n) is 8.25. The van der Waals surface area contributed by atoms with Crippen LogP contribution < -0.4 is 0 Å². The van der Waals surface area contributed by atoms with Crippen LogP contribution in [0.2, 0.25) is 0 Å². The maximum Gasteiger partial charge on any atom is 0.0319 e. The molecule has 1 fully saturated rings. The van der Waals surface area contributed by atoms with E-state index in [0.717, 1.165) is 42.7 Å². The Kier molecular flexibility index (Phi) is 94.5. The van der Waals surface area contributed by atoms with E-state index in [0.29, 0.717) is 0 Å². The molecule has 6 heteroatoms. The predicted molar refractivity (Wildman–Crippen MR) is 201 cm³/mol. The number of hydrogen-bond acceptors (Lipinski definition) is 6. The monoisotopic (exact) mass is 655 g/mol. The highest BCUT2D eigenvalue weighted by atomic mass is 16.2. The van der Waals surface area contributed by atoms with E-state index in [2.05, 4.69) is 0 Å². The summed E-state index contributed by atoms with van der Waals surface area (Å²) in [5, 5.41) is 42.0. The molecule has 0 radical (unpaired) electrons. The lowest BCUT2D eigenvalue weighted by atomic mass is 10.0. The fourth-order valence-corrected chi connectivity index (χ4v) is 5.83. The molecule has 1 aliphatic rings. The van der Waals surface area contributed by atoms with Crippen LogP contribution in [0.3, 0.4) is 0 Å². The van der Waals surface area contributed by atoms with Gasteiger partial charge in [0.25, 0.3) is 0 Å². The minimum absolute atomic E-state index is 1.00. The van der Waals surface area contributed by atoms with Crippen molar-refractivity contribution in [1.82, 2.24) is 0 Å². The molecule has 0 aromatic rings. The van der Waals surface area contributed by atoms with Gasteiger partial charge in [0.15, 0.2) is 0 Å². The van der Waals surface area contributed by atoms with Gasteiger partial charge in [-0.3, -0.25) is 0 Å². The summed E-state index contributed by atoms with van der Waals surface area (Å²) in [5.41, 5.74) is 0. The second-order valence-corrected chi connectivity index (χ2v) is 11.7. The molecule has 0 heterocycles. The SMILES string of the molecule is C1CCCCCCCCCCCCCCCCCCCCCCCCCCCCCCCC1.CO.CO.CO.CO.CO.CO. The molecular formula is C39H90O6. The molecule has 0 aromatic heterocycles. The van der Waals surface area contributed by atoms with Crippen LogP contribution in [0.5, 0.6) is 0 Å². The third kappa shape index (κ3) is 71.1. The van der Waals surface area contributed by atoms with Crippen LogP contribution >= 0.6 is 0 Å². The Hall–Kier alpha value is -0.240. The molecule has 45 heavy (non-hydrogen) atoms. The normalized spacial score (nSPS) is 18.4. The first-order valence-corrected chi connectivity index (χ1v) is 19.2. The molecule has 1 saturated carbocycles. The van der Waals surface area contributed by atoms with E-state index in [4.69, 9.17) is 30.6 Å². The topological polar surface area (TPSA) is 121 Å². The summed E-state index contributed by atoms with van der Waals surface area (Å²) in [5.74, 6) is 0. The lowest BCUT2D eigenvalue weighted by Gasteiger charge is -2.04. The van der Waals surface area contributed by atoms with E-state index >= 15 is 0 Å². The average molecular weight is 655 g/mol. The van der Waals surface area contributed by atoms with Crippen LogP contribution in [-0.2, 0) is 0 Å². The van der Waals surface area contributed by atoms with Crippen LogP contribution in [0.4, 0.5) is 0 Å². The van der Waals surface area contributed by atoms with Crippen LogP contribution in [0.1, 0.15) is 212 Å². The first kappa shape index (κ1) is 57.1. The van der Waals surface area contributed by atoms with E-state index in [-0.39, 0.29) is 0 Å². The Balaban J connectivity index is -0.000000282. The van der Waals surface area contributed by atoms with E-state index in [9.17, 15) is 0 Å². The Labute approximate surface area is 284 Å². The van der Waals surface area contributed by atoms with Gasteiger partial charge in [-0.1, -0.05) is 212 Å². The van der Waals surface area contributed by atoms with Gasteiger partial charge in [-0.2, -0.15) is 0 Å². The molecule has 1 aliphatic carbocycles. The summed E-state index contributed by atoms with van der Waals surface area (Å²) in [4.78, 5) is 0. The molecule has 1 rings (SSSR count). The fraction of sp³-hybridized carbons (Fsp3) is 1.00. The first-order valence-electron chi connectivity index (χ1n) is 19.2. The molecule has 0 atom stereocenters. The van der Waals surface area contributed by atoms with Crippen molar-refractivity contribution in [3.05, 3.63) is 0 Å². The smallest absolute Gasteiger partial charge is 0.0319 e. The summed E-state index contributed by atoms with van der Waals surface area (Å²) in [7, 11) is 6.00. The number of aliphatic hydroxyl groups excluding tert-OH is 6. The molecule has 0 bridgehead atoms. The van der Waals surface area contributed by atoms with Crippen LogP contribution in [0, 0.1) is 0 Å². The molecule has 0 amide bonds. The van der Waals surface area contributed by atoms with Crippen LogP contribution in [0.25, 0.3) is 0 Å². The maximum absolute atomic E-state index is 7.00. The maximum atomic E-state index is 7.00.